The van der Waals surface area contributed by atoms with Crippen LogP contribution in [0.4, 0.5) is 5.82 Å². The van der Waals surface area contributed by atoms with Gasteiger partial charge in [-0.1, -0.05) is 0 Å². The van der Waals surface area contributed by atoms with E-state index in [0.29, 0.717) is 18.1 Å². The molecule has 6 nitrogen and oxygen atoms in total. The molecular weight excluding hydrogens is 242 g/mol. The van der Waals surface area contributed by atoms with Crippen molar-refractivity contribution in [1.29, 1.82) is 0 Å². The highest BCUT2D eigenvalue weighted by molar-refractivity contribution is 7.99. The number of hydrogen-bond acceptors (Lipinski definition) is 6. The van der Waals surface area contributed by atoms with Gasteiger partial charge in [-0.05, 0) is 12.2 Å². The van der Waals surface area contributed by atoms with Crippen LogP contribution in [0.15, 0.2) is 12.4 Å². The topological polar surface area (TPSA) is 95.3 Å². The molecule has 0 aromatic carbocycles. The fourth-order valence-electron chi connectivity index (χ4n) is 1.52. The van der Waals surface area contributed by atoms with Crippen molar-refractivity contribution in [2.45, 2.75) is 12.0 Å². The maximum atomic E-state index is 10.6. The number of nitrogens with one attached hydrogen (secondary N) is 1. The van der Waals surface area contributed by atoms with Crippen molar-refractivity contribution in [2.24, 2.45) is 0 Å². The van der Waals surface area contributed by atoms with Gasteiger partial charge >= 0.3 is 5.97 Å². The summed E-state index contributed by atoms with van der Waals surface area (Å²) in [4.78, 5) is 18.2. The highest BCUT2D eigenvalue weighted by Crippen LogP contribution is 2.27. The second kappa shape index (κ2) is 4.89. The van der Waals surface area contributed by atoms with Crippen molar-refractivity contribution >= 4 is 23.5 Å². The Kier molecular flexibility index (Phi) is 3.49. The Balaban J connectivity index is 1.93. The molecule has 92 valence electrons. The second-order valence-electron chi connectivity index (χ2n) is 3.97. The van der Waals surface area contributed by atoms with Crippen LogP contribution in [-0.4, -0.2) is 49.8 Å². The van der Waals surface area contributed by atoms with Crippen LogP contribution in [0.5, 0.6) is 0 Å². The number of nitrogens with zero attached hydrogens (tertiary/aromatic N) is 2. The van der Waals surface area contributed by atoms with Crippen LogP contribution in [0.2, 0.25) is 0 Å². The lowest BCUT2D eigenvalue weighted by molar-refractivity contribution is 0.0689. The van der Waals surface area contributed by atoms with Gasteiger partial charge in [-0.25, -0.2) is 14.8 Å². The van der Waals surface area contributed by atoms with E-state index in [-0.39, 0.29) is 5.69 Å². The van der Waals surface area contributed by atoms with E-state index in [9.17, 15) is 9.90 Å². The molecular formula is C10H13N3O3S. The van der Waals surface area contributed by atoms with E-state index in [0.717, 1.165) is 12.2 Å². The highest BCUT2D eigenvalue weighted by Gasteiger charge is 2.31. The first kappa shape index (κ1) is 12.1. The molecule has 0 saturated carbocycles. The van der Waals surface area contributed by atoms with Gasteiger partial charge in [0.15, 0.2) is 5.69 Å². The number of rotatable bonds is 4. The van der Waals surface area contributed by atoms with E-state index in [4.69, 9.17) is 5.11 Å². The zero-order valence-electron chi connectivity index (χ0n) is 9.09. The van der Waals surface area contributed by atoms with Crippen LogP contribution in [0.1, 0.15) is 16.9 Å². The van der Waals surface area contributed by atoms with Crippen LogP contribution in [-0.2, 0) is 0 Å². The number of aromatic carboxylic acids is 1. The Morgan fingerprint density at radius 2 is 2.35 bits per heavy atom. The number of aliphatic hydroxyl groups is 1. The first-order valence-corrected chi connectivity index (χ1v) is 6.34. The Morgan fingerprint density at radius 1 is 1.53 bits per heavy atom. The van der Waals surface area contributed by atoms with Gasteiger partial charge in [0.05, 0.1) is 18.0 Å². The first-order chi connectivity index (χ1) is 8.09. The molecule has 2 rings (SSSR count). The summed E-state index contributed by atoms with van der Waals surface area (Å²) in [7, 11) is 0. The lowest BCUT2D eigenvalue weighted by atomic mass is 10.0. The molecule has 7 heteroatoms. The number of hydrogen-bond donors (Lipinski definition) is 3. The SMILES string of the molecule is O=C(O)c1cnc(NCC2(O)CCSC2)cn1. The smallest absolute Gasteiger partial charge is 0.356 e. The maximum absolute atomic E-state index is 10.6. The molecule has 1 aliphatic heterocycles. The third kappa shape index (κ3) is 3.07. The summed E-state index contributed by atoms with van der Waals surface area (Å²) in [5.41, 5.74) is -0.789. The van der Waals surface area contributed by atoms with E-state index in [1.54, 1.807) is 11.8 Å². The summed E-state index contributed by atoms with van der Waals surface area (Å²) in [6.07, 6.45) is 3.30. The first-order valence-electron chi connectivity index (χ1n) is 5.18. The molecule has 1 fully saturated rings. The quantitative estimate of drug-likeness (QED) is 0.719. The van der Waals surface area contributed by atoms with Gasteiger partial charge in [0, 0.05) is 12.3 Å². The average molecular weight is 255 g/mol. The predicted octanol–water partition coefficient (Wildman–Crippen LogP) is 0.455. The summed E-state index contributed by atoms with van der Waals surface area (Å²) in [5.74, 6) is 1.04. The highest BCUT2D eigenvalue weighted by atomic mass is 32.2. The molecule has 1 aromatic heterocycles. The van der Waals surface area contributed by atoms with E-state index in [1.165, 1.54) is 12.4 Å². The van der Waals surface area contributed by atoms with Gasteiger partial charge < -0.3 is 15.5 Å². The zero-order valence-corrected chi connectivity index (χ0v) is 9.90. The average Bonchev–Trinajstić information content (AvgIpc) is 2.75. The monoisotopic (exact) mass is 255 g/mol. The van der Waals surface area contributed by atoms with Gasteiger partial charge in [-0.3, -0.25) is 0 Å². The molecule has 0 aliphatic carbocycles. The molecule has 0 spiro atoms. The number of thioether (sulfide) groups is 1. The molecule has 17 heavy (non-hydrogen) atoms. The van der Waals surface area contributed by atoms with E-state index in [2.05, 4.69) is 15.3 Å². The van der Waals surface area contributed by atoms with Gasteiger partial charge in [-0.2, -0.15) is 11.8 Å². The maximum Gasteiger partial charge on any atom is 0.356 e. The van der Waals surface area contributed by atoms with Crippen LogP contribution in [0.25, 0.3) is 0 Å². The molecule has 1 aliphatic rings. The number of carboxylic acid groups (broad SMARTS) is 1. The van der Waals surface area contributed by atoms with Crippen molar-refractivity contribution in [3.8, 4) is 0 Å². The van der Waals surface area contributed by atoms with Gasteiger partial charge in [0.25, 0.3) is 0 Å². The number of aromatic nitrogens is 2. The van der Waals surface area contributed by atoms with Crippen molar-refractivity contribution in [1.82, 2.24) is 9.97 Å². The molecule has 1 atom stereocenters. The third-order valence-corrected chi connectivity index (χ3v) is 3.79. The molecule has 0 bridgehead atoms. The summed E-state index contributed by atoms with van der Waals surface area (Å²) < 4.78 is 0. The molecule has 1 unspecified atom stereocenters. The summed E-state index contributed by atoms with van der Waals surface area (Å²) in [6.45, 7) is 0.404. The molecule has 1 aromatic rings. The van der Waals surface area contributed by atoms with Gasteiger partial charge in [0.1, 0.15) is 5.82 Å². The van der Waals surface area contributed by atoms with Crippen molar-refractivity contribution in [2.75, 3.05) is 23.4 Å². The molecule has 0 amide bonds. The molecule has 3 N–H and O–H groups in total. The van der Waals surface area contributed by atoms with Gasteiger partial charge in [-0.15, -0.1) is 0 Å². The molecule has 0 radical (unpaired) electrons. The standard InChI is InChI=1S/C10H13N3O3S/c14-9(15)7-3-12-8(4-11-7)13-5-10(16)1-2-17-6-10/h3-4,16H,1-2,5-6H2,(H,12,13)(H,14,15). The van der Waals surface area contributed by atoms with Crippen LogP contribution in [0.3, 0.4) is 0 Å². The zero-order chi connectivity index (χ0) is 12.3. The van der Waals surface area contributed by atoms with Crippen LogP contribution < -0.4 is 5.32 Å². The summed E-state index contributed by atoms with van der Waals surface area (Å²) in [6, 6.07) is 0. The lowest BCUT2D eigenvalue weighted by Crippen LogP contribution is -2.36. The predicted molar refractivity (Wildman–Crippen MR) is 64.4 cm³/mol. The van der Waals surface area contributed by atoms with Gasteiger partial charge in [0.2, 0.25) is 0 Å². The Morgan fingerprint density at radius 3 is 2.88 bits per heavy atom. The fourth-order valence-corrected chi connectivity index (χ4v) is 2.82. The van der Waals surface area contributed by atoms with Crippen LogP contribution in [0, 0.1) is 0 Å². The number of carboxylic acids is 1. The normalized spacial score (nSPS) is 23.6. The Hall–Kier alpha value is -1.34. The van der Waals surface area contributed by atoms with E-state index < -0.39 is 11.6 Å². The number of carbonyl (C=O) groups is 1. The van der Waals surface area contributed by atoms with Crippen molar-refractivity contribution < 1.29 is 15.0 Å². The van der Waals surface area contributed by atoms with E-state index >= 15 is 0 Å². The number of anilines is 1. The minimum absolute atomic E-state index is 0.0920. The lowest BCUT2D eigenvalue weighted by Gasteiger charge is -2.21. The minimum Gasteiger partial charge on any atom is -0.476 e. The molecule has 2 heterocycles. The Labute approximate surface area is 102 Å². The van der Waals surface area contributed by atoms with E-state index in [1.807, 2.05) is 0 Å². The molecule has 1 saturated heterocycles. The minimum atomic E-state index is -1.10. The summed E-state index contributed by atoms with van der Waals surface area (Å²) >= 11 is 1.72. The van der Waals surface area contributed by atoms with Crippen molar-refractivity contribution in [3.05, 3.63) is 18.1 Å². The largest absolute Gasteiger partial charge is 0.476 e. The fraction of sp³-hybridized carbons (Fsp3) is 0.500. The Bertz CT molecular complexity index is 404. The van der Waals surface area contributed by atoms with Crippen LogP contribution >= 0.6 is 11.8 Å². The van der Waals surface area contributed by atoms with Crippen molar-refractivity contribution in [3.63, 3.8) is 0 Å². The third-order valence-electron chi connectivity index (χ3n) is 2.55. The second-order valence-corrected chi connectivity index (χ2v) is 5.08. The summed E-state index contributed by atoms with van der Waals surface area (Å²) in [5, 5.41) is 21.7.